The first kappa shape index (κ1) is 23.0. The van der Waals surface area contributed by atoms with Gasteiger partial charge in [-0.15, -0.1) is 0 Å². The van der Waals surface area contributed by atoms with Gasteiger partial charge in [-0.25, -0.2) is 9.67 Å². The van der Waals surface area contributed by atoms with Gasteiger partial charge < -0.3 is 10.2 Å². The minimum Gasteiger partial charge on any atom is -0.350 e. The lowest BCUT2D eigenvalue weighted by atomic mass is 10.0. The Morgan fingerprint density at radius 3 is 2.48 bits per heavy atom. The van der Waals surface area contributed by atoms with Gasteiger partial charge in [-0.1, -0.05) is 13.8 Å². The minimum atomic E-state index is -4.47. The molecule has 0 fully saturated rings. The van der Waals surface area contributed by atoms with E-state index < -0.39 is 11.7 Å². The van der Waals surface area contributed by atoms with Gasteiger partial charge >= 0.3 is 6.18 Å². The van der Waals surface area contributed by atoms with Crippen molar-refractivity contribution < 1.29 is 18.0 Å². The summed E-state index contributed by atoms with van der Waals surface area (Å²) >= 11 is 1.60. The molecular weight excluding hydrogens is 427 g/mol. The fourth-order valence-electron chi connectivity index (χ4n) is 3.30. The molecule has 1 atom stereocenters. The van der Waals surface area contributed by atoms with Crippen molar-refractivity contribution in [3.8, 4) is 5.82 Å². The van der Waals surface area contributed by atoms with E-state index in [4.69, 9.17) is 0 Å². The highest BCUT2D eigenvalue weighted by molar-refractivity contribution is 7.07. The number of thiophene rings is 1. The number of rotatable bonds is 7. The molecular formula is C21H24F3N5OS. The lowest BCUT2D eigenvalue weighted by Crippen LogP contribution is -2.34. The molecule has 0 spiro atoms. The molecule has 3 heterocycles. The molecule has 31 heavy (non-hydrogen) atoms. The maximum Gasteiger partial charge on any atom is 0.417 e. The second-order valence-corrected chi connectivity index (χ2v) is 8.44. The summed E-state index contributed by atoms with van der Waals surface area (Å²) in [4.78, 5) is 18.9. The molecule has 0 aliphatic rings. The van der Waals surface area contributed by atoms with E-state index in [1.807, 2.05) is 49.7 Å². The number of hydrogen-bond acceptors (Lipinski definition) is 5. The molecule has 166 valence electrons. The summed E-state index contributed by atoms with van der Waals surface area (Å²) in [6.45, 7) is 4.19. The lowest BCUT2D eigenvalue weighted by Gasteiger charge is -2.24. The normalized spacial score (nSPS) is 13.1. The molecule has 0 radical (unpaired) electrons. The lowest BCUT2D eigenvalue weighted by molar-refractivity contribution is -0.137. The molecule has 0 saturated heterocycles. The maximum absolute atomic E-state index is 12.9. The summed E-state index contributed by atoms with van der Waals surface area (Å²) < 4.78 is 39.9. The SMILES string of the molecule is CC(C)c1c(C(=O)NCC(c2ccsc2)N(C)C)cnn1-c1ccc(C(F)(F)F)cn1. The van der Waals surface area contributed by atoms with Crippen LogP contribution in [0.2, 0.25) is 0 Å². The van der Waals surface area contributed by atoms with Crippen LogP contribution >= 0.6 is 11.3 Å². The van der Waals surface area contributed by atoms with Gasteiger partial charge in [0.25, 0.3) is 5.91 Å². The Kier molecular flexibility index (Phi) is 6.80. The van der Waals surface area contributed by atoms with Crippen LogP contribution in [0.3, 0.4) is 0 Å². The van der Waals surface area contributed by atoms with E-state index in [0.29, 0.717) is 17.8 Å². The Balaban J connectivity index is 1.84. The Hall–Kier alpha value is -2.72. The van der Waals surface area contributed by atoms with Gasteiger partial charge in [0.15, 0.2) is 5.82 Å². The third-order valence-corrected chi connectivity index (χ3v) is 5.60. The topological polar surface area (TPSA) is 63.1 Å². The van der Waals surface area contributed by atoms with Gasteiger partial charge in [-0.2, -0.15) is 29.6 Å². The summed E-state index contributed by atoms with van der Waals surface area (Å²) in [6.07, 6.45) is -2.27. The van der Waals surface area contributed by atoms with Crippen molar-refractivity contribution in [2.24, 2.45) is 0 Å². The second kappa shape index (κ2) is 9.19. The Bertz CT molecular complexity index is 1010. The number of likely N-dealkylation sites (N-methyl/N-ethyl adjacent to an activating group) is 1. The van der Waals surface area contributed by atoms with Gasteiger partial charge in [-0.3, -0.25) is 4.79 Å². The molecule has 1 unspecified atom stereocenters. The van der Waals surface area contributed by atoms with Crippen molar-refractivity contribution >= 4 is 17.2 Å². The van der Waals surface area contributed by atoms with E-state index in [1.165, 1.54) is 16.9 Å². The summed E-state index contributed by atoms with van der Waals surface area (Å²) in [7, 11) is 3.89. The van der Waals surface area contributed by atoms with Crippen LogP contribution in [0.1, 0.15) is 53.0 Å². The highest BCUT2D eigenvalue weighted by atomic mass is 32.1. The van der Waals surface area contributed by atoms with Crippen molar-refractivity contribution in [2.45, 2.75) is 32.0 Å². The number of alkyl halides is 3. The molecule has 3 aromatic rings. The van der Waals surface area contributed by atoms with Gasteiger partial charge in [0.05, 0.1) is 29.1 Å². The smallest absolute Gasteiger partial charge is 0.350 e. The number of aromatic nitrogens is 3. The average molecular weight is 452 g/mol. The van der Waals surface area contributed by atoms with Crippen LogP contribution in [0.5, 0.6) is 0 Å². The monoisotopic (exact) mass is 451 g/mol. The molecule has 3 aromatic heterocycles. The Labute approximate surface area is 182 Å². The van der Waals surface area contributed by atoms with Crippen molar-refractivity contribution in [3.63, 3.8) is 0 Å². The number of nitrogens with one attached hydrogen (secondary N) is 1. The molecule has 1 N–H and O–H groups in total. The molecule has 0 saturated carbocycles. The number of pyridine rings is 1. The minimum absolute atomic E-state index is 0.0179. The third-order valence-electron chi connectivity index (χ3n) is 4.90. The standard InChI is InChI=1S/C21H24F3N5OS/c1-13(2)19-16(20(30)26-11-17(28(3)4)14-7-8-31-12-14)10-27-29(19)18-6-5-15(9-25-18)21(22,23)24/h5-10,12-13,17H,11H2,1-4H3,(H,26,30). The predicted octanol–water partition coefficient (Wildman–Crippen LogP) is 4.50. The summed E-state index contributed by atoms with van der Waals surface area (Å²) in [5.74, 6) is -0.169. The third kappa shape index (κ3) is 5.13. The van der Waals surface area contributed by atoms with E-state index in [9.17, 15) is 18.0 Å². The first-order valence-electron chi connectivity index (χ1n) is 9.67. The van der Waals surface area contributed by atoms with E-state index >= 15 is 0 Å². The van der Waals surface area contributed by atoms with Crippen molar-refractivity contribution in [1.29, 1.82) is 0 Å². The van der Waals surface area contributed by atoms with Crippen LogP contribution in [0.15, 0.2) is 41.4 Å². The summed E-state index contributed by atoms with van der Waals surface area (Å²) in [5.41, 5.74) is 1.24. The fourth-order valence-corrected chi connectivity index (χ4v) is 4.00. The summed E-state index contributed by atoms with van der Waals surface area (Å²) in [5, 5.41) is 11.2. The second-order valence-electron chi connectivity index (χ2n) is 7.66. The highest BCUT2D eigenvalue weighted by Crippen LogP contribution is 2.29. The Morgan fingerprint density at radius 2 is 1.97 bits per heavy atom. The number of halogens is 3. The predicted molar refractivity (Wildman–Crippen MR) is 114 cm³/mol. The first-order valence-corrected chi connectivity index (χ1v) is 10.6. The largest absolute Gasteiger partial charge is 0.417 e. The molecule has 6 nitrogen and oxygen atoms in total. The van der Waals surface area contributed by atoms with Gasteiger partial charge in [0, 0.05) is 12.7 Å². The van der Waals surface area contributed by atoms with Crippen LogP contribution in [0.4, 0.5) is 13.2 Å². The van der Waals surface area contributed by atoms with E-state index in [0.717, 1.165) is 17.8 Å². The van der Waals surface area contributed by atoms with Crippen LogP contribution in [0.25, 0.3) is 5.82 Å². The van der Waals surface area contributed by atoms with Crippen molar-refractivity contribution in [3.05, 3.63) is 63.7 Å². The fraction of sp³-hybridized carbons (Fsp3) is 0.381. The van der Waals surface area contributed by atoms with E-state index in [-0.39, 0.29) is 23.7 Å². The summed E-state index contributed by atoms with van der Waals surface area (Å²) in [6, 6.07) is 4.25. The Morgan fingerprint density at radius 1 is 1.23 bits per heavy atom. The number of carbonyl (C=O) groups is 1. The molecule has 0 aromatic carbocycles. The zero-order valence-corrected chi connectivity index (χ0v) is 18.5. The van der Waals surface area contributed by atoms with Crippen LogP contribution in [-0.4, -0.2) is 46.2 Å². The number of amides is 1. The molecule has 0 aliphatic heterocycles. The molecule has 10 heteroatoms. The van der Waals surface area contributed by atoms with Crippen LogP contribution in [0, 0.1) is 0 Å². The first-order chi connectivity index (χ1) is 14.6. The number of nitrogens with zero attached hydrogens (tertiary/aromatic N) is 4. The molecule has 0 aliphatic carbocycles. The van der Waals surface area contributed by atoms with Crippen LogP contribution in [-0.2, 0) is 6.18 Å². The maximum atomic E-state index is 12.9. The van der Waals surface area contributed by atoms with Crippen LogP contribution < -0.4 is 5.32 Å². The van der Waals surface area contributed by atoms with Gasteiger partial charge in [0.2, 0.25) is 0 Å². The number of carbonyl (C=O) groups excluding carboxylic acids is 1. The van der Waals surface area contributed by atoms with E-state index in [2.05, 4.69) is 15.4 Å². The highest BCUT2D eigenvalue weighted by Gasteiger charge is 2.31. The molecule has 0 bridgehead atoms. The van der Waals surface area contributed by atoms with E-state index in [1.54, 1.807) is 11.3 Å². The number of hydrogen-bond donors (Lipinski definition) is 1. The zero-order chi connectivity index (χ0) is 22.8. The zero-order valence-electron chi connectivity index (χ0n) is 17.6. The van der Waals surface area contributed by atoms with Crippen molar-refractivity contribution in [1.82, 2.24) is 25.0 Å². The van der Waals surface area contributed by atoms with Gasteiger partial charge in [-0.05, 0) is 54.5 Å². The molecule has 3 rings (SSSR count). The quantitative estimate of drug-likeness (QED) is 0.574. The average Bonchev–Trinajstić information content (AvgIpc) is 3.37. The molecule has 1 amide bonds. The van der Waals surface area contributed by atoms with Gasteiger partial charge in [0.1, 0.15) is 0 Å². The van der Waals surface area contributed by atoms with Crippen molar-refractivity contribution in [2.75, 3.05) is 20.6 Å².